The van der Waals surface area contributed by atoms with E-state index in [-0.39, 0.29) is 6.54 Å². The summed E-state index contributed by atoms with van der Waals surface area (Å²) in [5.74, 6) is -0.850. The Kier molecular flexibility index (Phi) is 5.26. The molecule has 2 rings (SSSR count). The van der Waals surface area contributed by atoms with Crippen LogP contribution in [0.4, 0.5) is 13.2 Å². The van der Waals surface area contributed by atoms with Gasteiger partial charge in [0.25, 0.3) is 0 Å². The number of nitrogens with zero attached hydrogens (tertiary/aromatic N) is 1. The van der Waals surface area contributed by atoms with E-state index in [9.17, 15) is 23.1 Å². The quantitative estimate of drug-likeness (QED) is 0.789. The Balaban J connectivity index is 2.30. The Bertz CT molecular complexity index is 654. The van der Waals surface area contributed by atoms with Crippen molar-refractivity contribution in [1.82, 2.24) is 10.3 Å². The van der Waals surface area contributed by atoms with Gasteiger partial charge < -0.3 is 10.4 Å². The Morgan fingerprint density at radius 3 is 2.65 bits per heavy atom. The van der Waals surface area contributed by atoms with Crippen molar-refractivity contribution >= 4 is 27.5 Å². The van der Waals surface area contributed by atoms with Crippen molar-refractivity contribution < 1.29 is 23.1 Å². The van der Waals surface area contributed by atoms with Crippen molar-refractivity contribution in [3.8, 4) is 0 Å². The molecular weight excluding hydrogens is 329 g/mol. The molecule has 0 saturated carbocycles. The van der Waals surface area contributed by atoms with Crippen LogP contribution in [0.2, 0.25) is 0 Å². The van der Waals surface area contributed by atoms with E-state index >= 15 is 0 Å². The number of aromatic nitrogens is 1. The van der Waals surface area contributed by atoms with Crippen LogP contribution in [-0.2, 0) is 10.4 Å². The van der Waals surface area contributed by atoms with Crippen molar-refractivity contribution in [2.24, 2.45) is 0 Å². The van der Waals surface area contributed by atoms with Crippen molar-refractivity contribution in [1.29, 1.82) is 0 Å². The second-order valence-electron chi connectivity index (χ2n) is 5.23. The lowest BCUT2D eigenvalue weighted by Crippen LogP contribution is -2.46. The fraction of sp³-hybridized carbons (Fsp3) is 0.467. The van der Waals surface area contributed by atoms with Gasteiger partial charge in [0.15, 0.2) is 0 Å². The van der Waals surface area contributed by atoms with Gasteiger partial charge in [-0.15, -0.1) is 11.3 Å². The molecule has 1 atom stereocenters. The molecule has 1 aromatic carbocycles. The summed E-state index contributed by atoms with van der Waals surface area (Å²) < 4.78 is 40.7. The van der Waals surface area contributed by atoms with Gasteiger partial charge in [0.05, 0.1) is 16.6 Å². The molecule has 0 radical (unpaired) electrons. The molecule has 0 saturated heterocycles. The number of amides is 1. The van der Waals surface area contributed by atoms with Crippen LogP contribution in [0.1, 0.15) is 31.2 Å². The van der Waals surface area contributed by atoms with E-state index in [0.717, 1.165) is 17.8 Å². The van der Waals surface area contributed by atoms with Crippen LogP contribution in [0, 0.1) is 0 Å². The number of benzene rings is 1. The SMILES string of the molecule is CCCCNC(=O)CC(O)(c1nc2ccccc2s1)C(F)(F)F. The van der Waals surface area contributed by atoms with Crippen LogP contribution in [0.15, 0.2) is 24.3 Å². The Morgan fingerprint density at radius 2 is 2.04 bits per heavy atom. The zero-order valence-corrected chi connectivity index (χ0v) is 13.3. The number of unbranched alkanes of at least 4 members (excludes halogenated alkanes) is 1. The number of hydrogen-bond donors (Lipinski definition) is 2. The Hall–Kier alpha value is -1.67. The largest absolute Gasteiger partial charge is 0.424 e. The van der Waals surface area contributed by atoms with E-state index < -0.39 is 29.1 Å². The summed E-state index contributed by atoms with van der Waals surface area (Å²) in [6.07, 6.45) is -4.62. The number of nitrogens with one attached hydrogen (secondary N) is 1. The number of fused-ring (bicyclic) bond motifs is 1. The third-order valence-corrected chi connectivity index (χ3v) is 4.57. The molecule has 8 heteroatoms. The maximum Gasteiger partial charge on any atom is 0.424 e. The zero-order valence-electron chi connectivity index (χ0n) is 12.5. The minimum atomic E-state index is -5.00. The average molecular weight is 346 g/mol. The maximum atomic E-state index is 13.4. The molecule has 1 unspecified atom stereocenters. The molecule has 0 aliphatic rings. The van der Waals surface area contributed by atoms with E-state index in [1.165, 1.54) is 0 Å². The first-order chi connectivity index (χ1) is 10.8. The van der Waals surface area contributed by atoms with Gasteiger partial charge in [-0.3, -0.25) is 4.79 Å². The first-order valence-electron chi connectivity index (χ1n) is 7.20. The minimum Gasteiger partial charge on any atom is -0.374 e. The molecule has 4 nitrogen and oxygen atoms in total. The molecule has 1 aromatic heterocycles. The third-order valence-electron chi connectivity index (χ3n) is 3.39. The summed E-state index contributed by atoms with van der Waals surface area (Å²) in [4.78, 5) is 15.6. The number of para-hydroxylation sites is 1. The minimum absolute atomic E-state index is 0.281. The summed E-state index contributed by atoms with van der Waals surface area (Å²) >= 11 is 0.740. The van der Waals surface area contributed by atoms with Gasteiger partial charge in [-0.25, -0.2) is 4.98 Å². The van der Waals surface area contributed by atoms with Crippen LogP contribution in [0.25, 0.3) is 10.2 Å². The van der Waals surface area contributed by atoms with Crippen molar-refractivity contribution in [3.63, 3.8) is 0 Å². The molecule has 0 aliphatic carbocycles. The lowest BCUT2D eigenvalue weighted by atomic mass is 9.99. The highest BCUT2D eigenvalue weighted by Crippen LogP contribution is 2.44. The van der Waals surface area contributed by atoms with Crippen LogP contribution >= 0.6 is 11.3 Å². The smallest absolute Gasteiger partial charge is 0.374 e. The van der Waals surface area contributed by atoms with Gasteiger partial charge in [0, 0.05) is 6.54 Å². The highest BCUT2D eigenvalue weighted by Gasteiger charge is 2.58. The number of carbonyl (C=O) groups is 1. The molecule has 0 spiro atoms. The predicted molar refractivity (Wildman–Crippen MR) is 82.1 cm³/mol. The third kappa shape index (κ3) is 3.81. The molecular formula is C15H17F3N2O2S. The summed E-state index contributed by atoms with van der Waals surface area (Å²) in [6.45, 7) is 2.18. The van der Waals surface area contributed by atoms with E-state index in [1.54, 1.807) is 24.3 Å². The fourth-order valence-corrected chi connectivity index (χ4v) is 3.12. The van der Waals surface area contributed by atoms with Gasteiger partial charge in [-0.2, -0.15) is 13.2 Å². The molecule has 0 aliphatic heterocycles. The van der Waals surface area contributed by atoms with Gasteiger partial charge >= 0.3 is 6.18 Å². The van der Waals surface area contributed by atoms with Gasteiger partial charge in [0.2, 0.25) is 11.5 Å². The molecule has 126 valence electrons. The maximum absolute atomic E-state index is 13.4. The Morgan fingerprint density at radius 1 is 1.35 bits per heavy atom. The number of carbonyl (C=O) groups excluding carboxylic acids is 1. The van der Waals surface area contributed by atoms with Gasteiger partial charge in [-0.05, 0) is 18.6 Å². The number of thiazole rings is 1. The lowest BCUT2D eigenvalue weighted by molar-refractivity contribution is -0.267. The Labute approximate surface area is 135 Å². The molecule has 23 heavy (non-hydrogen) atoms. The predicted octanol–water partition coefficient (Wildman–Crippen LogP) is 3.35. The lowest BCUT2D eigenvalue weighted by Gasteiger charge is -2.27. The zero-order chi connectivity index (χ0) is 17.1. The second kappa shape index (κ2) is 6.84. The molecule has 0 bridgehead atoms. The number of halogens is 3. The summed E-state index contributed by atoms with van der Waals surface area (Å²) in [5.41, 5.74) is -2.92. The van der Waals surface area contributed by atoms with Crippen molar-refractivity contribution in [2.75, 3.05) is 6.54 Å². The molecule has 1 amide bonds. The number of alkyl halides is 3. The summed E-state index contributed by atoms with van der Waals surface area (Å²) in [5, 5.41) is 12.1. The standard InChI is InChI=1S/C15H17F3N2O2S/c1-2-3-8-19-12(21)9-14(22,15(16,17)18)13-20-10-6-4-5-7-11(10)23-13/h4-7,22H,2-3,8-9H2,1H3,(H,19,21). The van der Waals surface area contributed by atoms with Crippen LogP contribution in [0.5, 0.6) is 0 Å². The molecule has 2 aromatic rings. The topological polar surface area (TPSA) is 62.2 Å². The van der Waals surface area contributed by atoms with E-state index in [4.69, 9.17) is 0 Å². The number of hydrogen-bond acceptors (Lipinski definition) is 4. The van der Waals surface area contributed by atoms with E-state index in [1.807, 2.05) is 6.92 Å². The molecule has 0 fully saturated rings. The first-order valence-corrected chi connectivity index (χ1v) is 8.01. The summed E-state index contributed by atoms with van der Waals surface area (Å²) in [7, 11) is 0. The van der Waals surface area contributed by atoms with Gasteiger partial charge in [-0.1, -0.05) is 25.5 Å². The molecule has 1 heterocycles. The van der Waals surface area contributed by atoms with Crippen LogP contribution in [0.3, 0.4) is 0 Å². The summed E-state index contributed by atoms with van der Waals surface area (Å²) in [6, 6.07) is 6.51. The highest BCUT2D eigenvalue weighted by atomic mass is 32.1. The molecule has 2 N–H and O–H groups in total. The van der Waals surface area contributed by atoms with Gasteiger partial charge in [0.1, 0.15) is 5.01 Å². The number of rotatable bonds is 6. The number of aliphatic hydroxyl groups is 1. The first kappa shape index (κ1) is 17.7. The fourth-order valence-electron chi connectivity index (χ4n) is 2.05. The van der Waals surface area contributed by atoms with Crippen LogP contribution < -0.4 is 5.32 Å². The second-order valence-corrected chi connectivity index (χ2v) is 6.26. The van der Waals surface area contributed by atoms with Crippen LogP contribution in [-0.4, -0.2) is 28.7 Å². The van der Waals surface area contributed by atoms with Crippen molar-refractivity contribution in [3.05, 3.63) is 29.3 Å². The van der Waals surface area contributed by atoms with Crippen molar-refractivity contribution in [2.45, 2.75) is 38.0 Å². The average Bonchev–Trinajstić information content (AvgIpc) is 2.90. The highest BCUT2D eigenvalue weighted by molar-refractivity contribution is 7.18. The monoisotopic (exact) mass is 346 g/mol. The van der Waals surface area contributed by atoms with E-state index in [2.05, 4.69) is 10.3 Å². The van der Waals surface area contributed by atoms with E-state index in [0.29, 0.717) is 16.6 Å². The normalized spacial score (nSPS) is 14.7.